The normalized spacial score (nSPS) is 12.8. The number of para-hydroxylation sites is 7. The highest BCUT2D eigenvalue weighted by molar-refractivity contribution is 7.00. The topological polar surface area (TPSA) is 73.3 Å². The number of nitrogens with zero attached hydrogens (tertiary/aromatic N) is 7. The van der Waals surface area contributed by atoms with Crippen LogP contribution >= 0.6 is 0 Å². The first-order valence-corrected chi connectivity index (χ1v) is 39.2. The molecule has 0 atom stereocenters. The molecule has 0 saturated carbocycles. The highest BCUT2D eigenvalue weighted by atomic mass is 16.3. The molecule has 9 nitrogen and oxygen atoms in total. The van der Waals surface area contributed by atoms with E-state index in [4.69, 9.17) is 18.8 Å². The van der Waals surface area contributed by atoms with Gasteiger partial charge in [-0.05, 0) is 159 Å². The van der Waals surface area contributed by atoms with Gasteiger partial charge in [0.15, 0.2) is 11.2 Å². The minimum Gasteiger partial charge on any atom is -0.454 e. The van der Waals surface area contributed by atoms with Gasteiger partial charge in [0.25, 0.3) is 6.71 Å². The lowest BCUT2D eigenvalue weighted by molar-refractivity contribution is 0.590. The summed E-state index contributed by atoms with van der Waals surface area (Å²) in [5.41, 5.74) is 29.8. The number of benzene rings is 15. The summed E-state index contributed by atoms with van der Waals surface area (Å²) < 4.78 is 21.1. The van der Waals surface area contributed by atoms with Crippen molar-refractivity contribution in [1.29, 1.82) is 0 Å². The Labute approximate surface area is 656 Å². The summed E-state index contributed by atoms with van der Waals surface area (Å²) in [5.74, 6) is 1.56. The van der Waals surface area contributed by atoms with Gasteiger partial charge >= 0.3 is 0 Å². The van der Waals surface area contributed by atoms with Gasteiger partial charge < -0.3 is 23.2 Å². The molecule has 114 heavy (non-hydrogen) atoms. The second-order valence-corrected chi connectivity index (χ2v) is 31.5. The van der Waals surface area contributed by atoms with Gasteiger partial charge in [0.2, 0.25) is 0 Å². The van der Waals surface area contributed by atoms with Crippen molar-refractivity contribution in [2.45, 2.75) is 26.2 Å². The molecule has 0 N–H and O–H groups in total. The van der Waals surface area contributed by atoms with Gasteiger partial charge in [0, 0.05) is 93.8 Å². The summed E-state index contributed by atoms with van der Waals surface area (Å²) in [7, 11) is 0. The van der Waals surface area contributed by atoms with Crippen molar-refractivity contribution in [2.24, 2.45) is 0 Å². The Morgan fingerprint density at radius 3 is 1.28 bits per heavy atom. The van der Waals surface area contributed by atoms with Gasteiger partial charge in [0.05, 0.1) is 61.6 Å². The molecule has 22 aromatic rings. The molecule has 2 aliphatic heterocycles. The fourth-order valence-corrected chi connectivity index (χ4v) is 19.1. The molecule has 2 aliphatic rings. The zero-order valence-electron chi connectivity index (χ0n) is 62.6. The van der Waals surface area contributed by atoms with Gasteiger partial charge in [-0.15, -0.1) is 0 Å². The Morgan fingerprint density at radius 1 is 0.281 bits per heavy atom. The maximum atomic E-state index is 7.06. The number of hydrogen-bond acceptors (Lipinski definition) is 6. The maximum Gasteiger partial charge on any atom is 0.252 e. The zero-order valence-corrected chi connectivity index (χ0v) is 62.6. The third-order valence-corrected chi connectivity index (χ3v) is 24.2. The molecule has 7 aromatic heterocycles. The van der Waals surface area contributed by atoms with Gasteiger partial charge in [-0.25, -0.2) is 9.97 Å². The molecule has 0 spiro atoms. The van der Waals surface area contributed by atoms with Crippen LogP contribution in [0, 0.1) is 0 Å². The first-order chi connectivity index (χ1) is 56.2. The van der Waals surface area contributed by atoms with Crippen LogP contribution in [0.25, 0.3) is 171 Å². The van der Waals surface area contributed by atoms with Crippen LogP contribution in [-0.4, -0.2) is 30.4 Å². The monoisotopic (exact) mass is 1460 g/mol. The van der Waals surface area contributed by atoms with Gasteiger partial charge in [-0.3, -0.25) is 9.13 Å². The standard InChI is InChI=1S/C104H68BN7O2/c1-104(2,3)67-50-57-90(80(60-67)64-28-8-5-9-29-64)110-92-55-48-65(83-37-24-47-97(106-83)111-88-41-20-13-33-72(88)76-51-53-78-74-35-15-22-45-95(74)113-102(78)100(76)111)58-81(92)105-82-59-66(49-56-91(82)109(93-43-25-44-94(110)99(93)105)85-38-17-10-30-69(85)63-26-6-4-7-27-63)84-61-68(108-86-39-18-11-31-70(86)71-32-12-19-40-87(71)108)62-98(107-84)112-89-42-21-14-34-73(89)77-52-54-79-75-36-16-23-46-96(75)114-103(79)101(77)112/h4-62H,1-3H3. The van der Waals surface area contributed by atoms with Crippen molar-refractivity contribution < 1.29 is 8.83 Å². The molecule has 0 bridgehead atoms. The maximum absolute atomic E-state index is 7.06. The van der Waals surface area contributed by atoms with E-state index < -0.39 is 0 Å². The summed E-state index contributed by atoms with van der Waals surface area (Å²) in [5, 5.41) is 11.1. The average Bonchev–Trinajstić information content (AvgIpc) is 1.11. The van der Waals surface area contributed by atoms with Crippen LogP contribution in [0.3, 0.4) is 0 Å². The van der Waals surface area contributed by atoms with E-state index in [1.54, 1.807) is 0 Å². The third-order valence-electron chi connectivity index (χ3n) is 24.2. The van der Waals surface area contributed by atoms with Gasteiger partial charge in [0.1, 0.15) is 22.8 Å². The van der Waals surface area contributed by atoms with Crippen LogP contribution in [0.2, 0.25) is 0 Å². The fourth-order valence-electron chi connectivity index (χ4n) is 19.1. The summed E-state index contributed by atoms with van der Waals surface area (Å²) in [6, 6.07) is 131. The molecule has 0 fully saturated rings. The molecule has 534 valence electrons. The molecule has 10 heteroatoms. The van der Waals surface area contributed by atoms with Crippen LogP contribution in [0.15, 0.2) is 367 Å². The van der Waals surface area contributed by atoms with Crippen molar-refractivity contribution in [2.75, 3.05) is 9.80 Å². The van der Waals surface area contributed by atoms with E-state index in [0.717, 1.165) is 206 Å². The quantitative estimate of drug-likeness (QED) is 0.134. The van der Waals surface area contributed by atoms with Crippen LogP contribution in [0.5, 0.6) is 0 Å². The number of pyridine rings is 2. The van der Waals surface area contributed by atoms with Crippen molar-refractivity contribution >= 4 is 167 Å². The lowest BCUT2D eigenvalue weighted by Gasteiger charge is -2.45. The SMILES string of the molecule is CC(C)(C)c1ccc(N2c3ccc(-c4cccc(-n5c6ccccc6c6ccc7c8ccccc8oc7c65)n4)cc3B3c4cc(-c5cc(-n6c7ccccc7c7ccccc76)cc(-n6c7ccccc7c7ccc8c9ccccc9oc8c76)n5)ccc4N(c4ccccc4-c4ccccc4)c4cccc2c43)c(-c2ccccc2)c1. The molecule has 15 aromatic carbocycles. The van der Waals surface area contributed by atoms with E-state index >= 15 is 0 Å². The van der Waals surface area contributed by atoms with Gasteiger partial charge in [-0.2, -0.15) is 0 Å². The number of furan rings is 2. The Hall–Kier alpha value is -14.7. The lowest BCUT2D eigenvalue weighted by Crippen LogP contribution is -2.61. The fraction of sp³-hybridized carbons (Fsp3) is 0.0385. The second-order valence-electron chi connectivity index (χ2n) is 31.5. The first kappa shape index (κ1) is 64.1. The molecule has 9 heterocycles. The number of hydrogen-bond donors (Lipinski definition) is 0. The van der Waals surface area contributed by atoms with Crippen LogP contribution < -0.4 is 26.2 Å². The molecule has 24 rings (SSSR count). The average molecular weight is 1460 g/mol. The van der Waals surface area contributed by atoms with Crippen molar-refractivity contribution in [3.05, 3.63) is 363 Å². The number of fused-ring (bicyclic) bond motifs is 21. The number of rotatable bonds is 9. The minimum atomic E-state index is -0.341. The van der Waals surface area contributed by atoms with E-state index in [0.29, 0.717) is 0 Å². The lowest BCUT2D eigenvalue weighted by atomic mass is 9.33. The molecule has 0 unspecified atom stereocenters. The molecular weight excluding hydrogens is 1390 g/mol. The van der Waals surface area contributed by atoms with Crippen LogP contribution in [0.4, 0.5) is 34.1 Å². The molecule has 0 aliphatic carbocycles. The van der Waals surface area contributed by atoms with Crippen molar-refractivity contribution in [3.8, 4) is 62.1 Å². The predicted octanol–water partition coefficient (Wildman–Crippen LogP) is 25.6. The molecular formula is C104H68BN7O2. The summed E-state index contributed by atoms with van der Waals surface area (Å²) in [6.45, 7) is 6.59. The molecule has 0 radical (unpaired) electrons. The van der Waals surface area contributed by atoms with Crippen LogP contribution in [-0.2, 0) is 5.41 Å². The number of aromatic nitrogens is 5. The minimum absolute atomic E-state index is 0.135. The highest BCUT2D eigenvalue weighted by Gasteiger charge is 2.45. The Kier molecular flexibility index (Phi) is 13.7. The van der Waals surface area contributed by atoms with E-state index in [9.17, 15) is 0 Å². The third kappa shape index (κ3) is 9.42. The summed E-state index contributed by atoms with van der Waals surface area (Å²) >= 11 is 0. The van der Waals surface area contributed by atoms with E-state index in [-0.39, 0.29) is 12.1 Å². The van der Waals surface area contributed by atoms with Crippen LogP contribution in [0.1, 0.15) is 26.3 Å². The Balaban J connectivity index is 0.788. The zero-order chi connectivity index (χ0) is 75.2. The smallest absolute Gasteiger partial charge is 0.252 e. The highest BCUT2D eigenvalue weighted by Crippen LogP contribution is 2.51. The summed E-state index contributed by atoms with van der Waals surface area (Å²) in [6.07, 6.45) is 0. The van der Waals surface area contributed by atoms with E-state index in [1.807, 2.05) is 6.07 Å². The van der Waals surface area contributed by atoms with E-state index in [1.165, 1.54) is 21.8 Å². The van der Waals surface area contributed by atoms with Gasteiger partial charge in [-0.1, -0.05) is 263 Å². The largest absolute Gasteiger partial charge is 0.454 e. The summed E-state index contributed by atoms with van der Waals surface area (Å²) in [4.78, 5) is 17.0. The second kappa shape index (κ2) is 24.4. The molecule has 0 amide bonds. The van der Waals surface area contributed by atoms with Crippen molar-refractivity contribution in [3.63, 3.8) is 0 Å². The van der Waals surface area contributed by atoms with E-state index in [2.05, 4.69) is 396 Å². The number of anilines is 6. The Bertz CT molecular complexity index is 7770. The first-order valence-electron chi connectivity index (χ1n) is 39.2. The predicted molar refractivity (Wildman–Crippen MR) is 474 cm³/mol. The van der Waals surface area contributed by atoms with Crippen molar-refractivity contribution in [1.82, 2.24) is 23.7 Å². The molecule has 0 saturated heterocycles. The Morgan fingerprint density at radius 2 is 0.711 bits per heavy atom.